The Bertz CT molecular complexity index is 259. The van der Waals surface area contributed by atoms with Gasteiger partial charge in [0.25, 0.3) is 0 Å². The van der Waals surface area contributed by atoms with Gasteiger partial charge in [0.1, 0.15) is 0 Å². The van der Waals surface area contributed by atoms with Crippen molar-refractivity contribution in [2.24, 2.45) is 28.4 Å². The van der Waals surface area contributed by atoms with E-state index in [1.54, 1.807) is 0 Å². The molecule has 0 aromatic heterocycles. The Balaban J connectivity index is 2.39. The van der Waals surface area contributed by atoms with Gasteiger partial charge in [0.15, 0.2) is 0 Å². The molecule has 3 saturated carbocycles. The van der Waals surface area contributed by atoms with Crippen molar-refractivity contribution in [3.05, 3.63) is 0 Å². The van der Waals surface area contributed by atoms with Gasteiger partial charge in [0.05, 0.1) is 5.41 Å². The zero-order valence-electron chi connectivity index (χ0n) is 8.76. The van der Waals surface area contributed by atoms with Gasteiger partial charge in [-0.2, -0.15) is 0 Å². The van der Waals surface area contributed by atoms with Crippen LogP contribution in [-0.4, -0.2) is 5.91 Å². The van der Waals surface area contributed by atoms with Gasteiger partial charge in [-0.05, 0) is 36.5 Å². The summed E-state index contributed by atoms with van der Waals surface area (Å²) >= 11 is 0. The third kappa shape index (κ3) is 0.773. The van der Waals surface area contributed by atoms with E-state index in [1.807, 2.05) is 0 Å². The SMILES string of the molecule is C[C@@H]1CC[C@@H]2C[C@]1(C(N)=O)C2(C)C. The fraction of sp³-hybridized carbons (Fsp3) is 0.909. The van der Waals surface area contributed by atoms with Crippen molar-refractivity contribution >= 4 is 5.91 Å². The van der Waals surface area contributed by atoms with E-state index in [9.17, 15) is 4.79 Å². The molecule has 0 radical (unpaired) electrons. The minimum absolute atomic E-state index is 0.0686. The van der Waals surface area contributed by atoms with E-state index in [-0.39, 0.29) is 16.7 Å². The van der Waals surface area contributed by atoms with Crippen LogP contribution >= 0.6 is 0 Å². The summed E-state index contributed by atoms with van der Waals surface area (Å²) in [5.74, 6) is 1.14. The Morgan fingerprint density at radius 1 is 1.38 bits per heavy atom. The third-order valence-electron chi connectivity index (χ3n) is 4.97. The van der Waals surface area contributed by atoms with Crippen LogP contribution in [0.25, 0.3) is 0 Å². The largest absolute Gasteiger partial charge is 0.369 e. The average molecular weight is 181 g/mol. The molecule has 3 aliphatic carbocycles. The van der Waals surface area contributed by atoms with Gasteiger partial charge in [0.2, 0.25) is 5.91 Å². The first kappa shape index (κ1) is 9.04. The van der Waals surface area contributed by atoms with Gasteiger partial charge in [-0.25, -0.2) is 0 Å². The average Bonchev–Trinajstić information content (AvgIpc) is 2.02. The summed E-state index contributed by atoms with van der Waals surface area (Å²) in [7, 11) is 0. The molecule has 0 spiro atoms. The molecule has 2 bridgehead atoms. The predicted octanol–water partition coefficient (Wildman–Crippen LogP) is 1.93. The highest BCUT2D eigenvalue weighted by atomic mass is 16.1. The van der Waals surface area contributed by atoms with E-state index in [4.69, 9.17) is 5.73 Å². The van der Waals surface area contributed by atoms with Crippen LogP contribution in [0.2, 0.25) is 0 Å². The van der Waals surface area contributed by atoms with E-state index in [0.29, 0.717) is 5.92 Å². The molecule has 0 unspecified atom stereocenters. The zero-order valence-corrected chi connectivity index (χ0v) is 8.76. The van der Waals surface area contributed by atoms with Gasteiger partial charge < -0.3 is 5.73 Å². The molecule has 0 aromatic carbocycles. The van der Waals surface area contributed by atoms with Crippen LogP contribution in [0.15, 0.2) is 0 Å². The molecule has 3 atom stereocenters. The first-order valence-corrected chi connectivity index (χ1v) is 5.23. The van der Waals surface area contributed by atoms with Crippen molar-refractivity contribution in [2.45, 2.75) is 40.0 Å². The molecular formula is C11H19NO. The standard InChI is InChI=1S/C11H19NO/c1-7-4-5-8-6-11(7,9(12)13)10(8,2)3/h7-8H,4-6H2,1-3H3,(H2,12,13)/t7-,8-,11+/m1/s1. The number of carbonyl (C=O) groups excluding carboxylic acids is 1. The summed E-state index contributed by atoms with van der Waals surface area (Å²) in [6.07, 6.45) is 3.50. The maximum absolute atomic E-state index is 11.6. The van der Waals surface area contributed by atoms with Crippen molar-refractivity contribution in [3.63, 3.8) is 0 Å². The molecule has 3 fully saturated rings. The minimum atomic E-state index is -0.185. The molecule has 2 N–H and O–H groups in total. The second kappa shape index (κ2) is 2.28. The van der Waals surface area contributed by atoms with Crippen molar-refractivity contribution in [3.8, 4) is 0 Å². The molecule has 0 heterocycles. The van der Waals surface area contributed by atoms with Crippen LogP contribution < -0.4 is 5.73 Å². The Morgan fingerprint density at radius 2 is 2.00 bits per heavy atom. The molecule has 2 nitrogen and oxygen atoms in total. The minimum Gasteiger partial charge on any atom is -0.369 e. The van der Waals surface area contributed by atoms with Crippen molar-refractivity contribution in [1.29, 1.82) is 0 Å². The van der Waals surface area contributed by atoms with E-state index >= 15 is 0 Å². The highest BCUT2D eigenvalue weighted by Gasteiger charge is 2.67. The highest BCUT2D eigenvalue weighted by molar-refractivity contribution is 5.83. The summed E-state index contributed by atoms with van der Waals surface area (Å²) in [6.45, 7) is 6.60. The predicted molar refractivity (Wildman–Crippen MR) is 51.9 cm³/mol. The van der Waals surface area contributed by atoms with Crippen LogP contribution in [0.3, 0.4) is 0 Å². The van der Waals surface area contributed by atoms with Gasteiger partial charge >= 0.3 is 0 Å². The van der Waals surface area contributed by atoms with Crippen molar-refractivity contribution < 1.29 is 4.79 Å². The lowest BCUT2D eigenvalue weighted by Crippen LogP contribution is -2.67. The molecular weight excluding hydrogens is 162 g/mol. The summed E-state index contributed by atoms with van der Waals surface area (Å²) < 4.78 is 0. The van der Waals surface area contributed by atoms with Gasteiger partial charge in [-0.1, -0.05) is 20.8 Å². The summed E-state index contributed by atoms with van der Waals surface area (Å²) in [5.41, 5.74) is 5.53. The topological polar surface area (TPSA) is 43.1 Å². The summed E-state index contributed by atoms with van der Waals surface area (Å²) in [6, 6.07) is 0. The summed E-state index contributed by atoms with van der Waals surface area (Å²) in [5, 5.41) is 0. The number of primary amides is 1. The molecule has 2 heteroatoms. The Morgan fingerprint density at radius 3 is 2.31 bits per heavy atom. The Kier molecular flexibility index (Phi) is 1.59. The fourth-order valence-electron chi connectivity index (χ4n) is 3.80. The number of amides is 1. The third-order valence-corrected chi connectivity index (χ3v) is 4.97. The lowest BCUT2D eigenvalue weighted by atomic mass is 9.36. The molecule has 3 rings (SSSR count). The molecule has 0 aliphatic heterocycles. The lowest BCUT2D eigenvalue weighted by molar-refractivity contribution is -0.198. The number of hydrogen-bond acceptors (Lipinski definition) is 1. The van der Waals surface area contributed by atoms with Gasteiger partial charge in [-0.3, -0.25) is 4.79 Å². The van der Waals surface area contributed by atoms with Crippen molar-refractivity contribution in [1.82, 2.24) is 0 Å². The molecule has 13 heavy (non-hydrogen) atoms. The number of rotatable bonds is 1. The quantitative estimate of drug-likeness (QED) is 0.660. The monoisotopic (exact) mass is 181 g/mol. The van der Waals surface area contributed by atoms with Crippen LogP contribution in [0.1, 0.15) is 40.0 Å². The van der Waals surface area contributed by atoms with Crippen LogP contribution in [0.5, 0.6) is 0 Å². The number of carbonyl (C=O) groups is 1. The van der Waals surface area contributed by atoms with E-state index in [1.165, 1.54) is 12.8 Å². The molecule has 3 aliphatic rings. The maximum atomic E-state index is 11.6. The van der Waals surface area contributed by atoms with E-state index < -0.39 is 0 Å². The Hall–Kier alpha value is -0.530. The second-order valence-corrected chi connectivity index (χ2v) is 5.44. The van der Waals surface area contributed by atoms with Crippen LogP contribution in [-0.2, 0) is 4.79 Å². The van der Waals surface area contributed by atoms with Gasteiger partial charge in [-0.15, -0.1) is 0 Å². The van der Waals surface area contributed by atoms with E-state index in [2.05, 4.69) is 20.8 Å². The first-order valence-electron chi connectivity index (χ1n) is 5.23. The number of nitrogens with two attached hydrogens (primary N) is 1. The lowest BCUT2D eigenvalue weighted by Gasteiger charge is -2.66. The fourth-order valence-corrected chi connectivity index (χ4v) is 3.80. The van der Waals surface area contributed by atoms with Crippen LogP contribution in [0, 0.1) is 22.7 Å². The smallest absolute Gasteiger partial charge is 0.224 e. The molecule has 0 aromatic rings. The number of hydrogen-bond donors (Lipinski definition) is 1. The van der Waals surface area contributed by atoms with E-state index in [0.717, 1.165) is 12.3 Å². The maximum Gasteiger partial charge on any atom is 0.224 e. The number of fused-ring (bicyclic) bond motifs is 2. The Labute approximate surface area is 79.9 Å². The van der Waals surface area contributed by atoms with Crippen molar-refractivity contribution in [2.75, 3.05) is 0 Å². The molecule has 74 valence electrons. The normalized spacial score (nSPS) is 46.7. The second-order valence-electron chi connectivity index (χ2n) is 5.44. The summed E-state index contributed by atoms with van der Waals surface area (Å²) in [4.78, 5) is 11.6. The molecule has 1 amide bonds. The zero-order chi connectivity index (χ0) is 9.85. The first-order chi connectivity index (χ1) is 5.93. The van der Waals surface area contributed by atoms with Crippen LogP contribution in [0.4, 0.5) is 0 Å². The van der Waals surface area contributed by atoms with Gasteiger partial charge in [0, 0.05) is 0 Å². The highest BCUT2D eigenvalue weighted by Crippen LogP contribution is 2.69. The molecule has 0 saturated heterocycles.